The van der Waals surface area contributed by atoms with Crippen molar-refractivity contribution >= 4 is 23.1 Å². The summed E-state index contributed by atoms with van der Waals surface area (Å²) in [5.41, 5.74) is 2.92. The van der Waals surface area contributed by atoms with Gasteiger partial charge in [0.15, 0.2) is 0 Å². The number of amides is 2. The van der Waals surface area contributed by atoms with Crippen LogP contribution in [-0.2, 0) is 14.3 Å². The number of carbonyl (C=O) groups is 2. The monoisotopic (exact) mass is 452 g/mol. The number of nitrogens with one attached hydrogen (secondary N) is 1. The van der Waals surface area contributed by atoms with Gasteiger partial charge in [-0.25, -0.2) is 0 Å². The number of rotatable bonds is 12. The van der Waals surface area contributed by atoms with Crippen LogP contribution >= 0.6 is 0 Å². The highest BCUT2D eigenvalue weighted by Gasteiger charge is 2.39. The zero-order chi connectivity index (χ0) is 23.8. The molecule has 0 aliphatic carbocycles. The Morgan fingerprint density at radius 2 is 1.64 bits per heavy atom. The van der Waals surface area contributed by atoms with E-state index >= 15 is 0 Å². The Bertz CT molecular complexity index is 1010. The van der Waals surface area contributed by atoms with E-state index in [1.54, 1.807) is 32.4 Å². The fraction of sp³-hybridized carbons (Fsp3) is 0.385. The molecule has 0 atom stereocenters. The zero-order valence-corrected chi connectivity index (χ0v) is 19.8. The highest BCUT2D eigenvalue weighted by Crippen LogP contribution is 2.35. The lowest BCUT2D eigenvalue weighted by molar-refractivity contribution is -0.137. The smallest absolute Gasteiger partial charge is 0.278 e. The largest absolute Gasteiger partial charge is 0.497 e. The van der Waals surface area contributed by atoms with Crippen LogP contribution in [0.5, 0.6) is 11.5 Å². The first-order valence-corrected chi connectivity index (χ1v) is 11.2. The predicted molar refractivity (Wildman–Crippen MR) is 128 cm³/mol. The summed E-state index contributed by atoms with van der Waals surface area (Å²) in [5, 5.41) is 3.16. The van der Waals surface area contributed by atoms with Gasteiger partial charge in [-0.05, 0) is 37.5 Å². The quantitative estimate of drug-likeness (QED) is 0.380. The molecule has 0 bridgehead atoms. The molecule has 0 saturated carbocycles. The van der Waals surface area contributed by atoms with Crippen molar-refractivity contribution in [1.29, 1.82) is 0 Å². The molecule has 33 heavy (non-hydrogen) atoms. The molecular formula is C26H32N2O5. The van der Waals surface area contributed by atoms with Crippen LogP contribution < -0.4 is 14.8 Å². The summed E-state index contributed by atoms with van der Waals surface area (Å²) < 4.78 is 16.3. The molecule has 1 aliphatic rings. The SMILES string of the molecule is CCCCOCCCN1C(=O)C(Nc2ccc(OC)cc2OC)=C(c2ccc(C)cc2)C1=O. The minimum Gasteiger partial charge on any atom is -0.497 e. The third-order valence-electron chi connectivity index (χ3n) is 5.49. The van der Waals surface area contributed by atoms with Crippen molar-refractivity contribution in [3.05, 3.63) is 59.3 Å². The van der Waals surface area contributed by atoms with Gasteiger partial charge in [-0.1, -0.05) is 43.2 Å². The van der Waals surface area contributed by atoms with E-state index in [0.29, 0.717) is 54.5 Å². The Hall–Kier alpha value is -3.32. The van der Waals surface area contributed by atoms with Gasteiger partial charge in [0.05, 0.1) is 25.5 Å². The average molecular weight is 453 g/mol. The van der Waals surface area contributed by atoms with Crippen molar-refractivity contribution in [2.24, 2.45) is 0 Å². The second-order valence-electron chi connectivity index (χ2n) is 7.89. The van der Waals surface area contributed by atoms with Crippen molar-refractivity contribution in [3.8, 4) is 11.5 Å². The van der Waals surface area contributed by atoms with E-state index < -0.39 is 0 Å². The summed E-state index contributed by atoms with van der Waals surface area (Å²) in [4.78, 5) is 28.0. The van der Waals surface area contributed by atoms with Crippen molar-refractivity contribution in [3.63, 3.8) is 0 Å². The second kappa shape index (κ2) is 11.5. The van der Waals surface area contributed by atoms with E-state index in [1.165, 1.54) is 4.90 Å². The molecule has 2 aromatic rings. The minimum atomic E-state index is -0.359. The Labute approximate surface area is 195 Å². The van der Waals surface area contributed by atoms with E-state index in [4.69, 9.17) is 14.2 Å². The molecule has 176 valence electrons. The van der Waals surface area contributed by atoms with Gasteiger partial charge in [-0.15, -0.1) is 0 Å². The molecule has 0 aromatic heterocycles. The number of aryl methyl sites for hydroxylation is 1. The molecule has 1 N–H and O–H groups in total. The summed E-state index contributed by atoms with van der Waals surface area (Å²) in [5.74, 6) is 0.464. The number of anilines is 1. The van der Waals surface area contributed by atoms with E-state index in [-0.39, 0.29) is 17.5 Å². The number of benzene rings is 2. The number of ether oxygens (including phenoxy) is 3. The van der Waals surface area contributed by atoms with Crippen molar-refractivity contribution in [2.45, 2.75) is 33.1 Å². The van der Waals surface area contributed by atoms with Crippen LogP contribution in [0.2, 0.25) is 0 Å². The Kier molecular flexibility index (Phi) is 8.49. The van der Waals surface area contributed by atoms with Crippen LogP contribution in [0.15, 0.2) is 48.2 Å². The van der Waals surface area contributed by atoms with Gasteiger partial charge in [-0.3, -0.25) is 14.5 Å². The predicted octanol–water partition coefficient (Wildman–Crippen LogP) is 4.41. The third-order valence-corrected chi connectivity index (χ3v) is 5.49. The molecule has 2 aromatic carbocycles. The maximum atomic E-state index is 13.3. The van der Waals surface area contributed by atoms with Gasteiger partial charge < -0.3 is 19.5 Å². The lowest BCUT2D eigenvalue weighted by Gasteiger charge is -2.16. The molecule has 0 saturated heterocycles. The minimum absolute atomic E-state index is 0.235. The standard InChI is InChI=1S/C26H32N2O5/c1-5-6-15-33-16-7-14-28-25(29)23(19-10-8-18(2)9-11-19)24(26(28)30)27-21-13-12-20(31-3)17-22(21)32-4/h8-13,17,27H,5-7,14-16H2,1-4H3. The van der Waals surface area contributed by atoms with Crippen molar-refractivity contribution in [2.75, 3.05) is 39.3 Å². The Morgan fingerprint density at radius 1 is 0.909 bits per heavy atom. The molecule has 0 fully saturated rings. The highest BCUT2D eigenvalue weighted by atomic mass is 16.5. The lowest BCUT2D eigenvalue weighted by Crippen LogP contribution is -2.34. The van der Waals surface area contributed by atoms with Crippen molar-refractivity contribution in [1.82, 2.24) is 4.90 Å². The molecule has 1 aliphatic heterocycles. The second-order valence-corrected chi connectivity index (χ2v) is 7.89. The van der Waals surface area contributed by atoms with E-state index in [9.17, 15) is 9.59 Å². The molecule has 7 nitrogen and oxygen atoms in total. The molecule has 0 spiro atoms. The van der Waals surface area contributed by atoms with Crippen LogP contribution in [0.25, 0.3) is 5.57 Å². The fourth-order valence-electron chi connectivity index (χ4n) is 3.59. The molecule has 1 heterocycles. The zero-order valence-electron chi connectivity index (χ0n) is 19.8. The maximum Gasteiger partial charge on any atom is 0.278 e. The van der Waals surface area contributed by atoms with Crippen LogP contribution in [0.3, 0.4) is 0 Å². The van der Waals surface area contributed by atoms with Gasteiger partial charge in [0.1, 0.15) is 17.2 Å². The molecule has 7 heteroatoms. The topological polar surface area (TPSA) is 77.1 Å². The normalized spacial score (nSPS) is 13.6. The third kappa shape index (κ3) is 5.73. The Morgan fingerprint density at radius 3 is 2.30 bits per heavy atom. The molecular weight excluding hydrogens is 420 g/mol. The number of hydrogen-bond donors (Lipinski definition) is 1. The molecule has 0 radical (unpaired) electrons. The van der Waals surface area contributed by atoms with Gasteiger partial charge in [0.2, 0.25) is 0 Å². The van der Waals surface area contributed by atoms with Gasteiger partial charge in [0, 0.05) is 25.8 Å². The average Bonchev–Trinajstić information content (AvgIpc) is 3.06. The number of carbonyl (C=O) groups excluding carboxylic acids is 2. The lowest BCUT2D eigenvalue weighted by atomic mass is 10.0. The number of unbranched alkanes of at least 4 members (excludes halogenated alkanes) is 1. The summed E-state index contributed by atoms with van der Waals surface area (Å²) in [6.07, 6.45) is 2.65. The first kappa shape index (κ1) is 24.3. The van der Waals surface area contributed by atoms with Crippen LogP contribution in [0.4, 0.5) is 5.69 Å². The van der Waals surface area contributed by atoms with Crippen molar-refractivity contribution < 1.29 is 23.8 Å². The fourth-order valence-corrected chi connectivity index (χ4v) is 3.59. The summed E-state index contributed by atoms with van der Waals surface area (Å²) >= 11 is 0. The number of methoxy groups -OCH3 is 2. The summed E-state index contributed by atoms with van der Waals surface area (Å²) in [6.45, 7) is 5.58. The highest BCUT2D eigenvalue weighted by molar-refractivity contribution is 6.36. The number of nitrogens with zero attached hydrogens (tertiary/aromatic N) is 1. The first-order valence-electron chi connectivity index (χ1n) is 11.2. The molecule has 2 amide bonds. The molecule has 0 unspecified atom stereocenters. The van der Waals surface area contributed by atoms with Crippen LogP contribution in [0.1, 0.15) is 37.3 Å². The van der Waals surface area contributed by atoms with Gasteiger partial charge in [0.25, 0.3) is 11.8 Å². The number of imide groups is 1. The maximum absolute atomic E-state index is 13.3. The first-order chi connectivity index (χ1) is 16.0. The molecule has 3 rings (SSSR count). The van der Waals surface area contributed by atoms with Crippen LogP contribution in [0, 0.1) is 6.92 Å². The summed E-state index contributed by atoms with van der Waals surface area (Å²) in [7, 11) is 3.12. The van der Waals surface area contributed by atoms with E-state index in [1.807, 2.05) is 31.2 Å². The number of hydrogen-bond acceptors (Lipinski definition) is 6. The van der Waals surface area contributed by atoms with Gasteiger partial charge >= 0.3 is 0 Å². The van der Waals surface area contributed by atoms with E-state index in [2.05, 4.69) is 12.2 Å². The Balaban J connectivity index is 1.88. The van der Waals surface area contributed by atoms with Crippen LogP contribution in [-0.4, -0.2) is 50.7 Å². The van der Waals surface area contributed by atoms with Gasteiger partial charge in [-0.2, -0.15) is 0 Å². The summed E-state index contributed by atoms with van der Waals surface area (Å²) in [6, 6.07) is 12.8. The van der Waals surface area contributed by atoms with E-state index in [0.717, 1.165) is 18.4 Å².